The van der Waals surface area contributed by atoms with Crippen molar-refractivity contribution in [1.82, 2.24) is 14.8 Å². The molecule has 0 fully saturated rings. The third-order valence-electron chi connectivity index (χ3n) is 2.50. The molecule has 0 aliphatic carbocycles. The molecule has 2 aromatic rings. The highest BCUT2D eigenvalue weighted by molar-refractivity contribution is 9.10. The molecule has 1 aromatic heterocycles. The van der Waals surface area contributed by atoms with E-state index in [1.807, 2.05) is 13.8 Å². The zero-order chi connectivity index (χ0) is 11.7. The van der Waals surface area contributed by atoms with Crippen LogP contribution in [0.1, 0.15) is 24.4 Å². The summed E-state index contributed by atoms with van der Waals surface area (Å²) in [6.07, 6.45) is 0. The predicted octanol–water partition coefficient (Wildman–Crippen LogP) is 3.10. The molecule has 5 heteroatoms. The molecule has 0 aliphatic rings. The molecular formula is C11H11BrFN3. The van der Waals surface area contributed by atoms with Crippen LogP contribution in [-0.4, -0.2) is 14.8 Å². The monoisotopic (exact) mass is 283 g/mol. The number of hydrogen-bond donors (Lipinski definition) is 0. The SMILES string of the molecule is Cc1nc(Br)nn1C(C)c1ccc(F)cc1. The molecule has 1 aromatic carbocycles. The van der Waals surface area contributed by atoms with Crippen molar-refractivity contribution in [1.29, 1.82) is 0 Å². The van der Waals surface area contributed by atoms with Crippen molar-refractivity contribution in [3.05, 3.63) is 46.2 Å². The van der Waals surface area contributed by atoms with Crippen LogP contribution in [0.2, 0.25) is 0 Å². The summed E-state index contributed by atoms with van der Waals surface area (Å²) >= 11 is 3.23. The molecule has 1 atom stereocenters. The lowest BCUT2D eigenvalue weighted by atomic mass is 10.1. The number of aryl methyl sites for hydroxylation is 1. The Bertz CT molecular complexity index is 492. The summed E-state index contributed by atoms with van der Waals surface area (Å²) in [5.41, 5.74) is 1.00. The normalized spacial score (nSPS) is 12.8. The molecule has 0 N–H and O–H groups in total. The van der Waals surface area contributed by atoms with Crippen LogP contribution in [0.3, 0.4) is 0 Å². The van der Waals surface area contributed by atoms with Gasteiger partial charge in [0, 0.05) is 0 Å². The fourth-order valence-corrected chi connectivity index (χ4v) is 2.05. The molecule has 1 unspecified atom stereocenters. The second-order valence-corrected chi connectivity index (χ2v) is 4.31. The lowest BCUT2D eigenvalue weighted by molar-refractivity contribution is 0.542. The minimum atomic E-state index is -0.229. The first kappa shape index (κ1) is 11.3. The summed E-state index contributed by atoms with van der Waals surface area (Å²) in [6, 6.07) is 6.46. The molecular weight excluding hydrogens is 273 g/mol. The molecule has 16 heavy (non-hydrogen) atoms. The van der Waals surface area contributed by atoms with Gasteiger partial charge in [0.2, 0.25) is 4.73 Å². The van der Waals surface area contributed by atoms with Crippen molar-refractivity contribution < 1.29 is 4.39 Å². The fourth-order valence-electron chi connectivity index (χ4n) is 1.62. The van der Waals surface area contributed by atoms with Crippen LogP contribution in [0, 0.1) is 12.7 Å². The van der Waals surface area contributed by atoms with Gasteiger partial charge < -0.3 is 0 Å². The van der Waals surface area contributed by atoms with Gasteiger partial charge in [0.05, 0.1) is 6.04 Å². The van der Waals surface area contributed by atoms with Crippen LogP contribution >= 0.6 is 15.9 Å². The molecule has 2 rings (SSSR count). The first-order valence-electron chi connectivity index (χ1n) is 4.92. The summed E-state index contributed by atoms with van der Waals surface area (Å²) in [5, 5.41) is 4.24. The Morgan fingerprint density at radius 2 is 1.94 bits per heavy atom. The standard InChI is InChI=1S/C11H11BrFN3/c1-7(9-3-5-10(13)6-4-9)16-8(2)14-11(12)15-16/h3-7H,1-2H3. The number of benzene rings is 1. The van der Waals surface area contributed by atoms with Gasteiger partial charge >= 0.3 is 0 Å². The van der Waals surface area contributed by atoms with Gasteiger partial charge in [-0.1, -0.05) is 12.1 Å². The molecule has 84 valence electrons. The van der Waals surface area contributed by atoms with E-state index in [1.165, 1.54) is 12.1 Å². The van der Waals surface area contributed by atoms with Crippen LogP contribution in [0.15, 0.2) is 29.0 Å². The Labute approximate surface area is 101 Å². The summed E-state index contributed by atoms with van der Waals surface area (Å²) in [5.74, 6) is 0.594. The number of rotatable bonds is 2. The summed E-state index contributed by atoms with van der Waals surface area (Å²) in [6.45, 7) is 3.89. The van der Waals surface area contributed by atoms with Crippen molar-refractivity contribution in [2.45, 2.75) is 19.9 Å². The van der Waals surface area contributed by atoms with E-state index in [-0.39, 0.29) is 11.9 Å². The highest BCUT2D eigenvalue weighted by atomic mass is 79.9. The van der Waals surface area contributed by atoms with E-state index in [2.05, 4.69) is 26.0 Å². The van der Waals surface area contributed by atoms with Gasteiger partial charge in [-0.3, -0.25) is 0 Å². The first-order chi connectivity index (χ1) is 7.58. The maximum absolute atomic E-state index is 12.8. The maximum Gasteiger partial charge on any atom is 0.217 e. The number of aromatic nitrogens is 3. The van der Waals surface area contributed by atoms with E-state index in [1.54, 1.807) is 16.8 Å². The Kier molecular flexibility index (Phi) is 3.05. The Morgan fingerprint density at radius 1 is 1.31 bits per heavy atom. The van der Waals surface area contributed by atoms with Crippen molar-refractivity contribution in [3.8, 4) is 0 Å². The van der Waals surface area contributed by atoms with E-state index in [0.717, 1.165) is 11.4 Å². The topological polar surface area (TPSA) is 30.7 Å². The Balaban J connectivity index is 2.35. The highest BCUT2D eigenvalue weighted by Gasteiger charge is 2.12. The molecule has 1 heterocycles. The van der Waals surface area contributed by atoms with Crippen LogP contribution in [0.25, 0.3) is 0 Å². The van der Waals surface area contributed by atoms with Crippen LogP contribution in [-0.2, 0) is 0 Å². The van der Waals surface area contributed by atoms with Crippen LogP contribution < -0.4 is 0 Å². The van der Waals surface area contributed by atoms with E-state index < -0.39 is 0 Å². The largest absolute Gasteiger partial charge is 0.242 e. The van der Waals surface area contributed by atoms with Crippen molar-refractivity contribution in [3.63, 3.8) is 0 Å². The number of hydrogen-bond acceptors (Lipinski definition) is 2. The number of halogens is 2. The fraction of sp³-hybridized carbons (Fsp3) is 0.273. The first-order valence-corrected chi connectivity index (χ1v) is 5.71. The quantitative estimate of drug-likeness (QED) is 0.848. The van der Waals surface area contributed by atoms with Gasteiger partial charge in [-0.15, -0.1) is 5.10 Å². The van der Waals surface area contributed by atoms with Gasteiger partial charge in [-0.05, 0) is 47.5 Å². The predicted molar refractivity (Wildman–Crippen MR) is 62.7 cm³/mol. The summed E-state index contributed by atoms with van der Waals surface area (Å²) in [7, 11) is 0. The van der Waals surface area contributed by atoms with Crippen LogP contribution in [0.4, 0.5) is 4.39 Å². The zero-order valence-corrected chi connectivity index (χ0v) is 10.6. The minimum Gasteiger partial charge on any atom is -0.242 e. The van der Waals surface area contributed by atoms with Crippen molar-refractivity contribution >= 4 is 15.9 Å². The van der Waals surface area contributed by atoms with E-state index in [9.17, 15) is 4.39 Å². The molecule has 0 saturated heterocycles. The summed E-state index contributed by atoms with van der Waals surface area (Å²) in [4.78, 5) is 4.17. The second kappa shape index (κ2) is 4.33. The minimum absolute atomic E-state index is 0.0411. The van der Waals surface area contributed by atoms with Gasteiger partial charge in [0.1, 0.15) is 11.6 Å². The molecule has 0 radical (unpaired) electrons. The molecule has 0 aliphatic heterocycles. The molecule has 0 amide bonds. The third-order valence-corrected chi connectivity index (χ3v) is 2.83. The van der Waals surface area contributed by atoms with Crippen molar-refractivity contribution in [2.75, 3.05) is 0 Å². The third kappa shape index (κ3) is 2.14. The summed E-state index contributed by atoms with van der Waals surface area (Å²) < 4.78 is 15.2. The van der Waals surface area contributed by atoms with Gasteiger partial charge in [-0.25, -0.2) is 14.1 Å². The van der Waals surface area contributed by atoms with Gasteiger partial charge in [-0.2, -0.15) is 0 Å². The van der Waals surface area contributed by atoms with Gasteiger partial charge in [0.15, 0.2) is 0 Å². The smallest absolute Gasteiger partial charge is 0.217 e. The lowest BCUT2D eigenvalue weighted by Crippen LogP contribution is -2.10. The molecule has 3 nitrogen and oxygen atoms in total. The Hall–Kier alpha value is -1.23. The Morgan fingerprint density at radius 3 is 2.44 bits per heavy atom. The van der Waals surface area contributed by atoms with E-state index in [4.69, 9.17) is 0 Å². The number of nitrogens with zero attached hydrogens (tertiary/aromatic N) is 3. The van der Waals surface area contributed by atoms with Gasteiger partial charge in [0.25, 0.3) is 0 Å². The maximum atomic E-state index is 12.8. The lowest BCUT2D eigenvalue weighted by Gasteiger charge is -2.13. The zero-order valence-electron chi connectivity index (χ0n) is 8.98. The molecule has 0 saturated carbocycles. The van der Waals surface area contributed by atoms with Crippen molar-refractivity contribution in [2.24, 2.45) is 0 Å². The van der Waals surface area contributed by atoms with E-state index >= 15 is 0 Å². The van der Waals surface area contributed by atoms with Crippen LogP contribution in [0.5, 0.6) is 0 Å². The molecule has 0 bridgehead atoms. The average Bonchev–Trinajstić information content (AvgIpc) is 2.58. The highest BCUT2D eigenvalue weighted by Crippen LogP contribution is 2.19. The second-order valence-electron chi connectivity index (χ2n) is 3.60. The van der Waals surface area contributed by atoms with E-state index in [0.29, 0.717) is 4.73 Å². The molecule has 0 spiro atoms. The average molecular weight is 284 g/mol.